The van der Waals surface area contributed by atoms with Gasteiger partial charge in [-0.1, -0.05) is 26.8 Å². The van der Waals surface area contributed by atoms with Gasteiger partial charge in [-0.15, -0.1) is 0 Å². The Hall–Kier alpha value is -1.63. The van der Waals surface area contributed by atoms with Gasteiger partial charge in [-0.3, -0.25) is 9.59 Å². The zero-order valence-corrected chi connectivity index (χ0v) is 12.0. The van der Waals surface area contributed by atoms with E-state index >= 15 is 0 Å². The second-order valence-corrected chi connectivity index (χ2v) is 6.51. The number of rotatable bonds is 0. The van der Waals surface area contributed by atoms with E-state index in [1.807, 2.05) is 24.8 Å². The first kappa shape index (κ1) is 13.8. The van der Waals surface area contributed by atoms with Gasteiger partial charge in [0, 0.05) is 30.8 Å². The largest absolute Gasteiger partial charge is 0.342 e. The molecule has 0 aromatic rings. The van der Waals surface area contributed by atoms with Crippen LogP contribution in [0.5, 0.6) is 0 Å². The van der Waals surface area contributed by atoms with Crippen LogP contribution in [0.4, 0.5) is 0 Å². The van der Waals surface area contributed by atoms with Crippen molar-refractivity contribution in [2.24, 2.45) is 16.7 Å². The van der Waals surface area contributed by atoms with Crippen molar-refractivity contribution in [3.05, 3.63) is 11.6 Å². The monoisotopic (exact) mass is 260 g/mol. The normalized spacial score (nSPS) is 33.2. The van der Waals surface area contributed by atoms with Gasteiger partial charge in [-0.2, -0.15) is 5.26 Å². The van der Waals surface area contributed by atoms with E-state index in [1.165, 1.54) is 0 Å². The van der Waals surface area contributed by atoms with E-state index in [0.717, 1.165) is 6.42 Å². The Labute approximate surface area is 114 Å². The van der Waals surface area contributed by atoms with Crippen LogP contribution in [0.3, 0.4) is 0 Å². The third-order valence-electron chi connectivity index (χ3n) is 4.76. The topological polar surface area (TPSA) is 61.2 Å². The molecule has 1 heterocycles. The average Bonchev–Trinajstić information content (AvgIpc) is 2.33. The van der Waals surface area contributed by atoms with Crippen molar-refractivity contribution in [2.45, 2.75) is 34.1 Å². The zero-order chi connectivity index (χ0) is 14.4. The van der Waals surface area contributed by atoms with Crippen molar-refractivity contribution in [1.82, 2.24) is 4.90 Å². The number of hydrogen-bond donors (Lipinski definition) is 0. The van der Waals surface area contributed by atoms with Gasteiger partial charge in [0.1, 0.15) is 6.07 Å². The lowest BCUT2D eigenvalue weighted by Gasteiger charge is -2.52. The maximum atomic E-state index is 12.3. The highest BCUT2D eigenvalue weighted by atomic mass is 16.2. The molecule has 102 valence electrons. The minimum Gasteiger partial charge on any atom is -0.342 e. The minimum absolute atomic E-state index is 0.0567. The van der Waals surface area contributed by atoms with Gasteiger partial charge in [0.25, 0.3) is 0 Å². The fourth-order valence-corrected chi connectivity index (χ4v) is 3.80. The molecular weight excluding hydrogens is 240 g/mol. The molecule has 1 fully saturated rings. The molecule has 1 amide bonds. The van der Waals surface area contributed by atoms with Crippen LogP contribution < -0.4 is 0 Å². The van der Waals surface area contributed by atoms with Crippen molar-refractivity contribution < 1.29 is 9.59 Å². The number of Topliss-reactive ketones (excluding diaryl/α,β-unsaturated/α-hetero) is 1. The molecule has 1 aliphatic carbocycles. The molecule has 2 rings (SSSR count). The number of nitrogens with zero attached hydrogens (tertiary/aromatic N) is 2. The van der Waals surface area contributed by atoms with E-state index in [-0.39, 0.29) is 28.6 Å². The number of fused-ring (bicyclic) bond motifs is 1. The van der Waals surface area contributed by atoms with Crippen LogP contribution in [-0.2, 0) is 9.59 Å². The molecule has 0 aromatic carbocycles. The molecule has 0 bridgehead atoms. The van der Waals surface area contributed by atoms with Crippen LogP contribution in [0.1, 0.15) is 34.1 Å². The number of amides is 1. The summed E-state index contributed by atoms with van der Waals surface area (Å²) in [7, 11) is 0. The number of nitriles is 1. The molecule has 0 unspecified atom stereocenters. The van der Waals surface area contributed by atoms with E-state index < -0.39 is 5.41 Å². The molecule has 1 aliphatic heterocycles. The van der Waals surface area contributed by atoms with E-state index in [9.17, 15) is 9.59 Å². The Bertz CT molecular complexity index is 513. The van der Waals surface area contributed by atoms with Crippen LogP contribution in [-0.4, -0.2) is 29.7 Å². The van der Waals surface area contributed by atoms with Crippen molar-refractivity contribution >= 4 is 11.7 Å². The van der Waals surface area contributed by atoms with Crippen molar-refractivity contribution in [3.8, 4) is 6.07 Å². The minimum atomic E-state index is -0.530. The summed E-state index contributed by atoms with van der Waals surface area (Å²) in [5.41, 5.74) is -0.571. The number of likely N-dealkylation sites (tertiary alicyclic amines) is 1. The molecule has 0 N–H and O–H groups in total. The Morgan fingerprint density at radius 3 is 2.63 bits per heavy atom. The third-order valence-corrected chi connectivity index (χ3v) is 4.76. The van der Waals surface area contributed by atoms with Crippen LogP contribution in [0.25, 0.3) is 0 Å². The first-order chi connectivity index (χ1) is 8.72. The molecule has 1 saturated heterocycles. The van der Waals surface area contributed by atoms with E-state index in [1.54, 1.807) is 13.0 Å². The highest BCUT2D eigenvalue weighted by molar-refractivity contribution is 6.04. The van der Waals surface area contributed by atoms with Gasteiger partial charge in [0.05, 0.1) is 5.57 Å². The SMILES string of the molecule is CC(=O)N1CC[C@@H]2C(C)(C)C(=O)C(C#N)=C[C@]2(C)C1. The number of hydrogen-bond acceptors (Lipinski definition) is 3. The van der Waals surface area contributed by atoms with Crippen LogP contribution in [0.15, 0.2) is 11.6 Å². The second-order valence-electron chi connectivity index (χ2n) is 6.51. The molecule has 0 saturated carbocycles. The molecule has 0 radical (unpaired) electrons. The van der Waals surface area contributed by atoms with E-state index in [2.05, 4.69) is 6.92 Å². The van der Waals surface area contributed by atoms with Gasteiger partial charge >= 0.3 is 0 Å². The Kier molecular flexibility index (Phi) is 3.04. The maximum Gasteiger partial charge on any atom is 0.219 e. The Morgan fingerprint density at radius 1 is 1.47 bits per heavy atom. The maximum absolute atomic E-state index is 12.3. The highest BCUT2D eigenvalue weighted by Crippen LogP contribution is 2.51. The average molecular weight is 260 g/mol. The van der Waals surface area contributed by atoms with Crippen molar-refractivity contribution in [3.63, 3.8) is 0 Å². The van der Waals surface area contributed by atoms with Gasteiger partial charge in [0.2, 0.25) is 5.91 Å². The molecular formula is C15H20N2O2. The summed E-state index contributed by atoms with van der Waals surface area (Å²) < 4.78 is 0. The standard InChI is InChI=1S/C15H20N2O2/c1-10(18)17-6-5-12-14(2,3)13(19)11(8-16)7-15(12,4)9-17/h7,12H,5-6,9H2,1-4H3/t12-,15-/m1/s1. The van der Waals surface area contributed by atoms with E-state index in [0.29, 0.717) is 13.1 Å². The van der Waals surface area contributed by atoms with Gasteiger partial charge < -0.3 is 4.90 Å². The number of allylic oxidation sites excluding steroid dienone is 1. The molecule has 4 nitrogen and oxygen atoms in total. The zero-order valence-electron chi connectivity index (χ0n) is 12.0. The van der Waals surface area contributed by atoms with Crippen LogP contribution in [0.2, 0.25) is 0 Å². The van der Waals surface area contributed by atoms with Gasteiger partial charge in [-0.25, -0.2) is 0 Å². The molecule has 0 aromatic heterocycles. The Morgan fingerprint density at radius 2 is 2.11 bits per heavy atom. The molecule has 4 heteroatoms. The molecule has 2 atom stereocenters. The molecule has 19 heavy (non-hydrogen) atoms. The predicted molar refractivity (Wildman–Crippen MR) is 71.0 cm³/mol. The lowest BCUT2D eigenvalue weighted by molar-refractivity contribution is -0.139. The lowest BCUT2D eigenvalue weighted by Crippen LogP contribution is -2.56. The quantitative estimate of drug-likeness (QED) is 0.668. The van der Waals surface area contributed by atoms with Crippen LogP contribution >= 0.6 is 0 Å². The van der Waals surface area contributed by atoms with Crippen molar-refractivity contribution in [1.29, 1.82) is 5.26 Å². The fraction of sp³-hybridized carbons (Fsp3) is 0.667. The number of piperidine rings is 1. The number of carbonyl (C=O) groups is 2. The molecule has 2 aliphatic rings. The summed E-state index contributed by atoms with van der Waals surface area (Å²) in [6.45, 7) is 8.75. The summed E-state index contributed by atoms with van der Waals surface area (Å²) in [6.07, 6.45) is 2.60. The highest BCUT2D eigenvalue weighted by Gasteiger charge is 2.53. The number of carbonyl (C=O) groups excluding carboxylic acids is 2. The van der Waals surface area contributed by atoms with Gasteiger partial charge in [-0.05, 0) is 12.3 Å². The smallest absolute Gasteiger partial charge is 0.219 e. The second kappa shape index (κ2) is 4.19. The fourth-order valence-electron chi connectivity index (χ4n) is 3.80. The number of ketones is 1. The predicted octanol–water partition coefficient (Wildman–Crippen LogP) is 1.92. The Balaban J connectivity index is 2.47. The third kappa shape index (κ3) is 1.98. The summed E-state index contributed by atoms with van der Waals surface area (Å²) in [5, 5.41) is 9.15. The first-order valence-corrected chi connectivity index (χ1v) is 6.65. The van der Waals surface area contributed by atoms with Gasteiger partial charge in [0.15, 0.2) is 5.78 Å². The van der Waals surface area contributed by atoms with E-state index in [4.69, 9.17) is 5.26 Å². The summed E-state index contributed by atoms with van der Waals surface area (Å²) >= 11 is 0. The summed E-state index contributed by atoms with van der Waals surface area (Å²) in [6, 6.07) is 2.02. The summed E-state index contributed by atoms with van der Waals surface area (Å²) in [4.78, 5) is 25.7. The lowest BCUT2D eigenvalue weighted by atomic mass is 9.55. The summed E-state index contributed by atoms with van der Waals surface area (Å²) in [5.74, 6) is 0.176. The van der Waals surface area contributed by atoms with Crippen LogP contribution in [0, 0.1) is 28.1 Å². The van der Waals surface area contributed by atoms with Crippen molar-refractivity contribution in [2.75, 3.05) is 13.1 Å². The molecule has 0 spiro atoms. The first-order valence-electron chi connectivity index (χ1n) is 6.65.